The number of rotatable bonds is 7. The van der Waals surface area contributed by atoms with Crippen molar-refractivity contribution in [2.24, 2.45) is 0 Å². The fourth-order valence-corrected chi connectivity index (χ4v) is 2.08. The summed E-state index contributed by atoms with van der Waals surface area (Å²) in [7, 11) is 3.17. The minimum absolute atomic E-state index is 0.137. The number of nitrogens with one attached hydrogen (secondary N) is 1. The molecule has 6 heteroatoms. The molecule has 0 aliphatic carbocycles. The molecule has 23 heavy (non-hydrogen) atoms. The Bertz CT molecular complexity index is 707. The molecule has 0 aliphatic heterocycles. The smallest absolute Gasteiger partial charge is 0.252 e. The lowest BCUT2D eigenvalue weighted by Gasteiger charge is -2.09. The molecule has 0 spiro atoms. The maximum absolute atomic E-state index is 11.8. The van der Waals surface area contributed by atoms with Gasteiger partial charge in [-0.05, 0) is 36.8 Å². The summed E-state index contributed by atoms with van der Waals surface area (Å²) in [5.41, 5.74) is 0.324. The van der Waals surface area contributed by atoms with Crippen molar-refractivity contribution in [1.29, 1.82) is 0 Å². The molecule has 0 aliphatic rings. The topological polar surface area (TPSA) is 69.6 Å². The second-order valence-corrected chi connectivity index (χ2v) is 4.91. The summed E-state index contributed by atoms with van der Waals surface area (Å²) in [6, 6.07) is 10.2. The average molecular weight is 316 g/mol. The van der Waals surface area contributed by atoms with Gasteiger partial charge in [-0.3, -0.25) is 9.59 Å². The number of amides is 1. The molecular formula is C17H20N2O4. The number of ether oxygens (including phenoxy) is 2. The Hall–Kier alpha value is -2.76. The number of hydrogen-bond donors (Lipinski definition) is 1. The van der Waals surface area contributed by atoms with Gasteiger partial charge in [0.1, 0.15) is 11.5 Å². The first kappa shape index (κ1) is 16.6. The second kappa shape index (κ2) is 8.03. The second-order valence-electron chi connectivity index (χ2n) is 4.91. The summed E-state index contributed by atoms with van der Waals surface area (Å²) in [5.74, 6) is 1.31. The molecule has 0 fully saturated rings. The maximum atomic E-state index is 11.8. The van der Waals surface area contributed by atoms with Gasteiger partial charge < -0.3 is 19.4 Å². The van der Waals surface area contributed by atoms with E-state index < -0.39 is 0 Å². The summed E-state index contributed by atoms with van der Waals surface area (Å²) in [5, 5.41) is 2.54. The highest BCUT2D eigenvalue weighted by Crippen LogP contribution is 2.17. The van der Waals surface area contributed by atoms with Crippen molar-refractivity contribution in [2.75, 3.05) is 20.8 Å². The van der Waals surface area contributed by atoms with Crippen molar-refractivity contribution < 1.29 is 14.3 Å². The third kappa shape index (κ3) is 4.60. The van der Waals surface area contributed by atoms with Gasteiger partial charge in [0.25, 0.3) is 11.5 Å². The lowest BCUT2D eigenvalue weighted by Crippen LogP contribution is -2.24. The standard InChI is InChI=1S/C17H20N2O4/c1-18-17(21)13-4-9-16(20)19(12-13)10-3-11-23-15-7-5-14(22-2)6-8-15/h4-9,12H,3,10-11H2,1-2H3,(H,18,21). The normalized spacial score (nSPS) is 10.2. The molecule has 0 unspecified atom stereocenters. The number of nitrogens with zero attached hydrogens (tertiary/aromatic N) is 1. The Morgan fingerprint density at radius 3 is 2.48 bits per heavy atom. The third-order valence-corrected chi connectivity index (χ3v) is 3.34. The molecule has 6 nitrogen and oxygen atoms in total. The summed E-state index contributed by atoms with van der Waals surface area (Å²) >= 11 is 0. The van der Waals surface area contributed by atoms with E-state index >= 15 is 0 Å². The van der Waals surface area contributed by atoms with Crippen LogP contribution in [-0.4, -0.2) is 31.2 Å². The number of aryl methyl sites for hydroxylation is 1. The number of pyridine rings is 1. The van der Waals surface area contributed by atoms with E-state index in [0.29, 0.717) is 25.1 Å². The molecule has 0 atom stereocenters. The molecule has 2 rings (SSSR count). The molecule has 0 radical (unpaired) electrons. The first-order chi connectivity index (χ1) is 11.1. The lowest BCUT2D eigenvalue weighted by molar-refractivity contribution is 0.0962. The molecule has 1 aromatic carbocycles. The molecule has 1 amide bonds. The monoisotopic (exact) mass is 316 g/mol. The van der Waals surface area contributed by atoms with Gasteiger partial charge in [0.05, 0.1) is 19.3 Å². The molecule has 1 aromatic heterocycles. The Morgan fingerprint density at radius 2 is 1.83 bits per heavy atom. The van der Waals surface area contributed by atoms with Crippen molar-refractivity contribution >= 4 is 5.91 Å². The summed E-state index contributed by atoms with van der Waals surface area (Å²) < 4.78 is 12.2. The molecule has 0 bridgehead atoms. The zero-order chi connectivity index (χ0) is 16.7. The molecule has 0 saturated heterocycles. The number of aromatic nitrogens is 1. The van der Waals surface area contributed by atoms with Crippen LogP contribution in [0.2, 0.25) is 0 Å². The van der Waals surface area contributed by atoms with Crippen LogP contribution in [-0.2, 0) is 6.54 Å². The largest absolute Gasteiger partial charge is 0.497 e. The first-order valence-electron chi connectivity index (χ1n) is 7.33. The van der Waals surface area contributed by atoms with Crippen molar-refractivity contribution in [1.82, 2.24) is 9.88 Å². The molecule has 0 saturated carbocycles. The number of hydrogen-bond acceptors (Lipinski definition) is 4. The molecule has 122 valence electrons. The highest BCUT2D eigenvalue weighted by atomic mass is 16.5. The Kier molecular flexibility index (Phi) is 5.80. The maximum Gasteiger partial charge on any atom is 0.252 e. The lowest BCUT2D eigenvalue weighted by atomic mass is 10.2. The van der Waals surface area contributed by atoms with Crippen molar-refractivity contribution in [3.05, 3.63) is 58.5 Å². The molecule has 2 aromatic rings. The van der Waals surface area contributed by atoms with Crippen LogP contribution in [0.1, 0.15) is 16.8 Å². The zero-order valence-corrected chi connectivity index (χ0v) is 13.2. The fraction of sp³-hybridized carbons (Fsp3) is 0.294. The van der Waals surface area contributed by atoms with Gasteiger partial charge >= 0.3 is 0 Å². The predicted octanol–water partition coefficient (Wildman–Crippen LogP) is 1.69. The Labute approximate surface area is 134 Å². The van der Waals surface area contributed by atoms with Gasteiger partial charge in [0.2, 0.25) is 0 Å². The third-order valence-electron chi connectivity index (χ3n) is 3.34. The van der Waals surface area contributed by atoms with Gasteiger partial charge in [0, 0.05) is 25.9 Å². The first-order valence-corrected chi connectivity index (χ1v) is 7.33. The van der Waals surface area contributed by atoms with E-state index in [0.717, 1.165) is 11.5 Å². The van der Waals surface area contributed by atoms with Gasteiger partial charge in [-0.15, -0.1) is 0 Å². The minimum Gasteiger partial charge on any atom is -0.497 e. The Balaban J connectivity index is 1.88. The number of benzene rings is 1. The van der Waals surface area contributed by atoms with Gasteiger partial charge in [-0.25, -0.2) is 0 Å². The van der Waals surface area contributed by atoms with Crippen LogP contribution >= 0.6 is 0 Å². The average Bonchev–Trinajstić information content (AvgIpc) is 2.60. The van der Waals surface area contributed by atoms with Crippen LogP contribution in [0.4, 0.5) is 0 Å². The van der Waals surface area contributed by atoms with Crippen molar-refractivity contribution in [2.45, 2.75) is 13.0 Å². The van der Waals surface area contributed by atoms with Gasteiger partial charge in [-0.2, -0.15) is 0 Å². The number of methoxy groups -OCH3 is 1. The summed E-state index contributed by atoms with van der Waals surface area (Å²) in [6.07, 6.45) is 2.22. The van der Waals surface area contributed by atoms with E-state index in [1.54, 1.807) is 20.4 Å². The SMILES string of the molecule is CNC(=O)c1ccc(=O)n(CCCOc2ccc(OC)cc2)c1. The summed E-state index contributed by atoms with van der Waals surface area (Å²) in [4.78, 5) is 23.4. The van der Waals surface area contributed by atoms with Crippen LogP contribution in [0.5, 0.6) is 11.5 Å². The van der Waals surface area contributed by atoms with Crippen LogP contribution in [0.3, 0.4) is 0 Å². The highest BCUT2D eigenvalue weighted by Gasteiger charge is 2.05. The van der Waals surface area contributed by atoms with E-state index in [1.165, 1.54) is 16.7 Å². The van der Waals surface area contributed by atoms with E-state index in [-0.39, 0.29) is 11.5 Å². The van der Waals surface area contributed by atoms with Crippen LogP contribution in [0.15, 0.2) is 47.4 Å². The van der Waals surface area contributed by atoms with E-state index in [2.05, 4.69) is 5.32 Å². The van der Waals surface area contributed by atoms with Crippen LogP contribution in [0, 0.1) is 0 Å². The van der Waals surface area contributed by atoms with E-state index in [1.807, 2.05) is 24.3 Å². The van der Waals surface area contributed by atoms with Crippen molar-refractivity contribution in [3.8, 4) is 11.5 Å². The van der Waals surface area contributed by atoms with Gasteiger partial charge in [0.15, 0.2) is 0 Å². The van der Waals surface area contributed by atoms with Crippen LogP contribution < -0.4 is 20.3 Å². The number of carbonyl (C=O) groups excluding carboxylic acids is 1. The minimum atomic E-state index is -0.215. The van der Waals surface area contributed by atoms with Crippen molar-refractivity contribution in [3.63, 3.8) is 0 Å². The molecule has 1 heterocycles. The Morgan fingerprint density at radius 1 is 1.13 bits per heavy atom. The highest BCUT2D eigenvalue weighted by molar-refractivity contribution is 5.93. The fourth-order valence-electron chi connectivity index (χ4n) is 2.08. The number of carbonyl (C=O) groups is 1. The molecule has 1 N–H and O–H groups in total. The zero-order valence-electron chi connectivity index (χ0n) is 13.2. The predicted molar refractivity (Wildman–Crippen MR) is 87.2 cm³/mol. The molecular weight excluding hydrogens is 296 g/mol. The van der Waals surface area contributed by atoms with E-state index in [4.69, 9.17) is 9.47 Å². The quantitative estimate of drug-likeness (QED) is 0.789. The van der Waals surface area contributed by atoms with Crippen LogP contribution in [0.25, 0.3) is 0 Å². The van der Waals surface area contributed by atoms with Gasteiger partial charge in [-0.1, -0.05) is 0 Å². The van der Waals surface area contributed by atoms with E-state index in [9.17, 15) is 9.59 Å². The summed E-state index contributed by atoms with van der Waals surface area (Å²) in [6.45, 7) is 0.961.